The lowest BCUT2D eigenvalue weighted by molar-refractivity contribution is 0.414. The molecular formula is C23H22N2O3S. The molecule has 0 aliphatic heterocycles. The number of aromatic nitrogens is 1. The fourth-order valence-corrected chi connectivity index (χ4v) is 4.55. The van der Waals surface area contributed by atoms with Gasteiger partial charge in [-0.1, -0.05) is 48.5 Å². The van der Waals surface area contributed by atoms with Crippen LogP contribution in [-0.4, -0.2) is 27.1 Å². The third-order valence-corrected chi connectivity index (χ3v) is 6.49. The molecule has 0 saturated heterocycles. The van der Waals surface area contributed by atoms with Crippen LogP contribution in [0, 0.1) is 0 Å². The van der Waals surface area contributed by atoms with Gasteiger partial charge in [-0.2, -0.15) is 0 Å². The molecule has 0 aliphatic rings. The molecule has 3 aromatic carbocycles. The summed E-state index contributed by atoms with van der Waals surface area (Å²) in [5, 5.41) is 1.09. The van der Waals surface area contributed by atoms with E-state index in [0.717, 1.165) is 22.0 Å². The fraction of sp³-hybridized carbons (Fsp3) is 0.130. The zero-order valence-electron chi connectivity index (χ0n) is 16.0. The molecule has 4 rings (SSSR count). The zero-order chi connectivity index (χ0) is 20.3. The quantitative estimate of drug-likeness (QED) is 0.481. The normalized spacial score (nSPS) is 12.7. The molecule has 0 aliphatic carbocycles. The Hall–Kier alpha value is -3.09. The standard InChI is InChI=1S/C23H22N2O3S/c1-28-18-11-13-19(14-12-18)29(26,27)25-16-21(17-7-3-2-4-8-17)22-15-24-23-10-6-5-9-20(22)23/h2-15,21,24-25H,16H2,1H3/t21-/m0/s1. The molecule has 0 unspecified atom stereocenters. The first kappa shape index (κ1) is 19.2. The number of nitrogens with one attached hydrogen (secondary N) is 2. The van der Waals surface area contributed by atoms with Crippen LogP contribution >= 0.6 is 0 Å². The highest BCUT2D eigenvalue weighted by Crippen LogP contribution is 2.30. The van der Waals surface area contributed by atoms with Crippen molar-refractivity contribution in [1.82, 2.24) is 9.71 Å². The molecule has 0 fully saturated rings. The van der Waals surface area contributed by atoms with E-state index in [9.17, 15) is 8.42 Å². The van der Waals surface area contributed by atoms with Crippen LogP contribution in [0.1, 0.15) is 17.0 Å². The number of ether oxygens (including phenoxy) is 1. The molecule has 0 radical (unpaired) electrons. The summed E-state index contributed by atoms with van der Waals surface area (Å²) < 4.78 is 33.6. The van der Waals surface area contributed by atoms with Crippen molar-refractivity contribution < 1.29 is 13.2 Å². The number of para-hydroxylation sites is 1. The van der Waals surface area contributed by atoms with Crippen molar-refractivity contribution >= 4 is 20.9 Å². The van der Waals surface area contributed by atoms with Crippen molar-refractivity contribution in [3.8, 4) is 5.75 Å². The molecule has 1 aromatic heterocycles. The van der Waals surface area contributed by atoms with Crippen molar-refractivity contribution in [1.29, 1.82) is 0 Å². The van der Waals surface area contributed by atoms with Crippen molar-refractivity contribution in [3.05, 3.63) is 96.2 Å². The number of hydrogen-bond acceptors (Lipinski definition) is 3. The monoisotopic (exact) mass is 406 g/mol. The third kappa shape index (κ3) is 4.04. The molecule has 1 atom stereocenters. The van der Waals surface area contributed by atoms with Gasteiger partial charge in [0.25, 0.3) is 0 Å². The predicted octanol–water partition coefficient (Wildman–Crippen LogP) is 4.29. The van der Waals surface area contributed by atoms with Crippen molar-refractivity contribution in [2.75, 3.05) is 13.7 Å². The Morgan fingerprint density at radius 3 is 2.34 bits per heavy atom. The molecular weight excluding hydrogens is 384 g/mol. The Labute approximate surface area is 170 Å². The highest BCUT2D eigenvalue weighted by molar-refractivity contribution is 7.89. The first-order chi connectivity index (χ1) is 14.1. The second-order valence-corrected chi connectivity index (χ2v) is 8.55. The van der Waals surface area contributed by atoms with Crippen LogP contribution in [0.2, 0.25) is 0 Å². The molecule has 0 saturated carbocycles. The van der Waals surface area contributed by atoms with Gasteiger partial charge in [-0.05, 0) is 41.5 Å². The molecule has 6 heteroatoms. The number of aromatic amines is 1. The molecule has 29 heavy (non-hydrogen) atoms. The predicted molar refractivity (Wildman–Crippen MR) is 115 cm³/mol. The maximum Gasteiger partial charge on any atom is 0.240 e. The number of methoxy groups -OCH3 is 1. The molecule has 148 valence electrons. The van der Waals surface area contributed by atoms with Crippen LogP contribution < -0.4 is 9.46 Å². The van der Waals surface area contributed by atoms with Gasteiger partial charge >= 0.3 is 0 Å². The van der Waals surface area contributed by atoms with E-state index < -0.39 is 10.0 Å². The summed E-state index contributed by atoms with van der Waals surface area (Å²) in [5.41, 5.74) is 3.14. The van der Waals surface area contributed by atoms with E-state index in [-0.39, 0.29) is 17.4 Å². The van der Waals surface area contributed by atoms with Crippen LogP contribution in [0.15, 0.2) is 90.0 Å². The SMILES string of the molecule is COc1ccc(S(=O)(=O)NC[C@@H](c2ccccc2)c2c[nH]c3ccccc23)cc1. The summed E-state index contributed by atoms with van der Waals surface area (Å²) in [6, 6.07) is 24.3. The topological polar surface area (TPSA) is 71.2 Å². The van der Waals surface area contributed by atoms with Gasteiger partial charge in [0.2, 0.25) is 10.0 Å². The summed E-state index contributed by atoms with van der Waals surface area (Å²) >= 11 is 0. The molecule has 5 nitrogen and oxygen atoms in total. The third-order valence-electron chi connectivity index (χ3n) is 5.05. The Kier molecular flexibility index (Phi) is 5.38. The average molecular weight is 407 g/mol. The van der Waals surface area contributed by atoms with Crippen molar-refractivity contribution in [2.24, 2.45) is 0 Å². The second-order valence-electron chi connectivity index (χ2n) is 6.78. The Bertz CT molecular complexity index is 1200. The lowest BCUT2D eigenvalue weighted by atomic mass is 9.91. The van der Waals surface area contributed by atoms with Crippen LogP contribution in [0.5, 0.6) is 5.75 Å². The summed E-state index contributed by atoms with van der Waals surface area (Å²) in [6.45, 7) is 0.250. The summed E-state index contributed by atoms with van der Waals surface area (Å²) in [5.74, 6) is 0.491. The Balaban J connectivity index is 1.66. The van der Waals surface area contributed by atoms with Crippen LogP contribution in [0.3, 0.4) is 0 Å². The minimum absolute atomic E-state index is 0.125. The summed E-state index contributed by atoms with van der Waals surface area (Å²) in [7, 11) is -2.10. The fourth-order valence-electron chi connectivity index (χ4n) is 3.51. The van der Waals surface area contributed by atoms with Gasteiger partial charge < -0.3 is 9.72 Å². The highest BCUT2D eigenvalue weighted by atomic mass is 32.2. The largest absolute Gasteiger partial charge is 0.497 e. The minimum Gasteiger partial charge on any atom is -0.497 e. The van der Waals surface area contributed by atoms with E-state index in [2.05, 4.69) is 15.8 Å². The molecule has 4 aromatic rings. The van der Waals surface area contributed by atoms with Gasteiger partial charge in [0.1, 0.15) is 5.75 Å². The second kappa shape index (κ2) is 8.11. The zero-order valence-corrected chi connectivity index (χ0v) is 16.8. The smallest absolute Gasteiger partial charge is 0.240 e. The first-order valence-corrected chi connectivity index (χ1v) is 10.8. The van der Waals surface area contributed by atoms with E-state index in [1.165, 1.54) is 0 Å². The Morgan fingerprint density at radius 1 is 0.931 bits per heavy atom. The van der Waals surface area contributed by atoms with E-state index in [1.54, 1.807) is 31.4 Å². The lowest BCUT2D eigenvalue weighted by Crippen LogP contribution is -2.29. The average Bonchev–Trinajstić information content (AvgIpc) is 3.19. The van der Waals surface area contributed by atoms with E-state index in [4.69, 9.17) is 4.74 Å². The van der Waals surface area contributed by atoms with Gasteiger partial charge in [0.05, 0.1) is 12.0 Å². The molecule has 0 spiro atoms. The van der Waals surface area contributed by atoms with E-state index >= 15 is 0 Å². The number of hydrogen-bond donors (Lipinski definition) is 2. The minimum atomic E-state index is -3.65. The van der Waals surface area contributed by atoms with Crippen LogP contribution in [0.4, 0.5) is 0 Å². The van der Waals surface area contributed by atoms with E-state index in [1.807, 2.05) is 54.7 Å². The van der Waals surface area contributed by atoms with Gasteiger partial charge in [0, 0.05) is 29.6 Å². The van der Waals surface area contributed by atoms with Gasteiger partial charge in [0.15, 0.2) is 0 Å². The van der Waals surface area contributed by atoms with Gasteiger partial charge in [-0.3, -0.25) is 0 Å². The number of H-pyrrole nitrogens is 1. The maximum absolute atomic E-state index is 12.8. The lowest BCUT2D eigenvalue weighted by Gasteiger charge is -2.18. The molecule has 0 amide bonds. The van der Waals surface area contributed by atoms with Crippen LogP contribution in [-0.2, 0) is 10.0 Å². The number of rotatable bonds is 7. The number of sulfonamides is 1. The van der Waals surface area contributed by atoms with Crippen LogP contribution in [0.25, 0.3) is 10.9 Å². The van der Waals surface area contributed by atoms with Gasteiger partial charge in [-0.15, -0.1) is 0 Å². The van der Waals surface area contributed by atoms with Gasteiger partial charge in [-0.25, -0.2) is 13.1 Å². The number of fused-ring (bicyclic) bond motifs is 1. The summed E-state index contributed by atoms with van der Waals surface area (Å²) in [6.07, 6.45) is 1.96. The molecule has 1 heterocycles. The maximum atomic E-state index is 12.8. The van der Waals surface area contributed by atoms with E-state index in [0.29, 0.717) is 5.75 Å². The first-order valence-electron chi connectivity index (χ1n) is 9.33. The molecule has 0 bridgehead atoms. The van der Waals surface area contributed by atoms with Crippen molar-refractivity contribution in [3.63, 3.8) is 0 Å². The number of benzene rings is 3. The molecule has 2 N–H and O–H groups in total. The Morgan fingerprint density at radius 2 is 1.62 bits per heavy atom. The highest BCUT2D eigenvalue weighted by Gasteiger charge is 2.22. The van der Waals surface area contributed by atoms with Crippen molar-refractivity contribution in [2.45, 2.75) is 10.8 Å². The summed E-state index contributed by atoms with van der Waals surface area (Å²) in [4.78, 5) is 3.50.